The Bertz CT molecular complexity index is 401. The molecular formula is C17H26N2. The maximum Gasteiger partial charge on any atom is 0.0473 e. The molecular weight excluding hydrogens is 232 g/mol. The van der Waals surface area contributed by atoms with E-state index >= 15 is 0 Å². The fourth-order valence-corrected chi connectivity index (χ4v) is 2.82. The molecule has 0 saturated carbocycles. The third kappa shape index (κ3) is 3.46. The van der Waals surface area contributed by atoms with Gasteiger partial charge in [-0.05, 0) is 25.3 Å². The standard InChI is InChI=1S/C17H26N2/c1-4-6-12-19-14-17(3,5-2)18-13-16(19)15-10-8-7-9-11-15/h4,7-11,16,18H,1,5-6,12-14H2,2-3H3. The maximum absolute atomic E-state index is 3.86. The molecule has 1 aliphatic heterocycles. The van der Waals surface area contributed by atoms with Crippen LogP contribution >= 0.6 is 0 Å². The SMILES string of the molecule is C=CCCN1CC(C)(CC)NCC1c1ccccc1. The van der Waals surface area contributed by atoms with E-state index in [0.29, 0.717) is 6.04 Å². The van der Waals surface area contributed by atoms with Gasteiger partial charge in [-0.15, -0.1) is 6.58 Å². The van der Waals surface area contributed by atoms with Gasteiger partial charge in [-0.1, -0.05) is 43.3 Å². The number of rotatable bonds is 5. The van der Waals surface area contributed by atoms with Crippen molar-refractivity contribution < 1.29 is 0 Å². The van der Waals surface area contributed by atoms with Gasteiger partial charge in [0.05, 0.1) is 0 Å². The number of benzene rings is 1. The van der Waals surface area contributed by atoms with Crippen molar-refractivity contribution in [2.75, 3.05) is 19.6 Å². The number of hydrogen-bond acceptors (Lipinski definition) is 2. The third-order valence-corrected chi connectivity index (χ3v) is 4.30. The van der Waals surface area contributed by atoms with Crippen molar-refractivity contribution in [1.29, 1.82) is 0 Å². The van der Waals surface area contributed by atoms with Gasteiger partial charge in [0.2, 0.25) is 0 Å². The van der Waals surface area contributed by atoms with E-state index in [9.17, 15) is 0 Å². The highest BCUT2D eigenvalue weighted by Gasteiger charge is 2.34. The van der Waals surface area contributed by atoms with Gasteiger partial charge in [-0.25, -0.2) is 0 Å². The summed E-state index contributed by atoms with van der Waals surface area (Å²) in [4.78, 5) is 2.61. The van der Waals surface area contributed by atoms with Gasteiger partial charge in [0, 0.05) is 31.2 Å². The Morgan fingerprint density at radius 2 is 2.16 bits per heavy atom. The van der Waals surface area contributed by atoms with E-state index in [4.69, 9.17) is 0 Å². The number of hydrogen-bond donors (Lipinski definition) is 1. The summed E-state index contributed by atoms with van der Waals surface area (Å²) >= 11 is 0. The topological polar surface area (TPSA) is 15.3 Å². The van der Waals surface area contributed by atoms with E-state index in [2.05, 4.69) is 61.0 Å². The predicted octanol–water partition coefficient (Wildman–Crippen LogP) is 3.38. The molecule has 0 aliphatic carbocycles. The first-order valence-electron chi connectivity index (χ1n) is 7.33. The molecule has 2 unspecified atom stereocenters. The summed E-state index contributed by atoms with van der Waals surface area (Å²) in [7, 11) is 0. The van der Waals surface area contributed by atoms with Crippen LogP contribution in [-0.2, 0) is 0 Å². The lowest BCUT2D eigenvalue weighted by molar-refractivity contribution is 0.0858. The molecule has 1 N–H and O–H groups in total. The van der Waals surface area contributed by atoms with Gasteiger partial charge in [0.1, 0.15) is 0 Å². The van der Waals surface area contributed by atoms with Gasteiger partial charge in [0.15, 0.2) is 0 Å². The Kier molecular flexibility index (Phi) is 4.78. The van der Waals surface area contributed by atoms with E-state index < -0.39 is 0 Å². The molecule has 0 bridgehead atoms. The Hall–Kier alpha value is -1.12. The summed E-state index contributed by atoms with van der Waals surface area (Å²) in [6.07, 6.45) is 4.25. The maximum atomic E-state index is 3.86. The second-order valence-electron chi connectivity index (χ2n) is 5.77. The lowest BCUT2D eigenvalue weighted by atomic mass is 9.91. The van der Waals surface area contributed by atoms with Crippen molar-refractivity contribution in [2.45, 2.75) is 38.3 Å². The summed E-state index contributed by atoms with van der Waals surface area (Å²) in [6.45, 7) is 11.7. The summed E-state index contributed by atoms with van der Waals surface area (Å²) in [6, 6.07) is 11.3. The quantitative estimate of drug-likeness (QED) is 0.815. The van der Waals surface area contributed by atoms with Crippen LogP contribution in [0.25, 0.3) is 0 Å². The first-order chi connectivity index (χ1) is 9.18. The molecule has 1 aromatic rings. The predicted molar refractivity (Wildman–Crippen MR) is 82.3 cm³/mol. The fourth-order valence-electron chi connectivity index (χ4n) is 2.82. The Morgan fingerprint density at radius 1 is 1.42 bits per heavy atom. The van der Waals surface area contributed by atoms with Crippen LogP contribution in [0.2, 0.25) is 0 Å². The van der Waals surface area contributed by atoms with Crippen molar-refractivity contribution >= 4 is 0 Å². The molecule has 2 rings (SSSR count). The van der Waals surface area contributed by atoms with Crippen molar-refractivity contribution in [2.24, 2.45) is 0 Å². The van der Waals surface area contributed by atoms with Crippen molar-refractivity contribution in [1.82, 2.24) is 10.2 Å². The molecule has 2 atom stereocenters. The molecule has 0 amide bonds. The highest BCUT2D eigenvalue weighted by atomic mass is 15.2. The zero-order chi connectivity index (χ0) is 13.7. The van der Waals surface area contributed by atoms with Crippen LogP contribution < -0.4 is 5.32 Å². The molecule has 2 nitrogen and oxygen atoms in total. The van der Waals surface area contributed by atoms with Crippen LogP contribution in [0.15, 0.2) is 43.0 Å². The van der Waals surface area contributed by atoms with E-state index in [0.717, 1.165) is 26.1 Å². The number of nitrogens with zero attached hydrogens (tertiary/aromatic N) is 1. The van der Waals surface area contributed by atoms with Crippen LogP contribution in [0.3, 0.4) is 0 Å². The lowest BCUT2D eigenvalue weighted by Crippen LogP contribution is -2.59. The molecule has 1 saturated heterocycles. The van der Waals surface area contributed by atoms with Gasteiger partial charge >= 0.3 is 0 Å². The van der Waals surface area contributed by atoms with Gasteiger partial charge < -0.3 is 5.32 Å². The van der Waals surface area contributed by atoms with Crippen molar-refractivity contribution in [3.05, 3.63) is 48.6 Å². The normalized spacial score (nSPS) is 28.2. The van der Waals surface area contributed by atoms with Crippen molar-refractivity contribution in [3.8, 4) is 0 Å². The number of piperazine rings is 1. The molecule has 0 radical (unpaired) electrons. The largest absolute Gasteiger partial charge is 0.308 e. The smallest absolute Gasteiger partial charge is 0.0473 e. The van der Waals surface area contributed by atoms with Crippen LogP contribution in [0.1, 0.15) is 38.3 Å². The first-order valence-corrected chi connectivity index (χ1v) is 7.33. The molecule has 1 heterocycles. The minimum atomic E-state index is 0.243. The van der Waals surface area contributed by atoms with E-state index in [1.165, 1.54) is 12.0 Å². The molecule has 2 heteroatoms. The Balaban J connectivity index is 2.15. The second-order valence-corrected chi connectivity index (χ2v) is 5.77. The number of nitrogens with one attached hydrogen (secondary N) is 1. The average molecular weight is 258 g/mol. The van der Waals surface area contributed by atoms with Gasteiger partial charge in [0.25, 0.3) is 0 Å². The van der Waals surface area contributed by atoms with Gasteiger partial charge in [-0.2, -0.15) is 0 Å². The van der Waals surface area contributed by atoms with Crippen LogP contribution in [0.5, 0.6) is 0 Å². The summed E-state index contributed by atoms with van der Waals surface area (Å²) in [5.74, 6) is 0. The molecule has 1 aromatic carbocycles. The lowest BCUT2D eigenvalue weighted by Gasteiger charge is -2.46. The van der Waals surface area contributed by atoms with Crippen molar-refractivity contribution in [3.63, 3.8) is 0 Å². The van der Waals surface area contributed by atoms with E-state index in [-0.39, 0.29) is 5.54 Å². The van der Waals surface area contributed by atoms with Crippen LogP contribution in [-0.4, -0.2) is 30.1 Å². The molecule has 0 spiro atoms. The minimum Gasteiger partial charge on any atom is -0.308 e. The van der Waals surface area contributed by atoms with E-state index in [1.807, 2.05) is 6.08 Å². The summed E-state index contributed by atoms with van der Waals surface area (Å²) in [5.41, 5.74) is 1.66. The zero-order valence-electron chi connectivity index (χ0n) is 12.2. The average Bonchev–Trinajstić information content (AvgIpc) is 2.46. The molecule has 1 fully saturated rings. The molecule has 19 heavy (non-hydrogen) atoms. The van der Waals surface area contributed by atoms with E-state index in [1.54, 1.807) is 0 Å². The van der Waals surface area contributed by atoms with Crippen LogP contribution in [0, 0.1) is 0 Å². The highest BCUT2D eigenvalue weighted by molar-refractivity contribution is 5.21. The van der Waals surface area contributed by atoms with Crippen LogP contribution in [0.4, 0.5) is 0 Å². The Morgan fingerprint density at radius 3 is 2.79 bits per heavy atom. The summed E-state index contributed by atoms with van der Waals surface area (Å²) < 4.78 is 0. The molecule has 1 aliphatic rings. The summed E-state index contributed by atoms with van der Waals surface area (Å²) in [5, 5.41) is 3.73. The monoisotopic (exact) mass is 258 g/mol. The molecule has 104 valence electrons. The fraction of sp³-hybridized carbons (Fsp3) is 0.529. The Labute approximate surface area is 117 Å². The van der Waals surface area contributed by atoms with Gasteiger partial charge in [-0.3, -0.25) is 4.90 Å². The third-order valence-electron chi connectivity index (χ3n) is 4.30. The first kappa shape index (κ1) is 14.3. The second kappa shape index (κ2) is 6.36. The zero-order valence-corrected chi connectivity index (χ0v) is 12.2. The highest BCUT2D eigenvalue weighted by Crippen LogP contribution is 2.28. The minimum absolute atomic E-state index is 0.243. The molecule has 0 aromatic heterocycles.